The van der Waals surface area contributed by atoms with Crippen LogP contribution in [0.25, 0.3) is 0 Å². The molecule has 0 saturated heterocycles. The molecule has 6 heteroatoms. The van der Waals surface area contributed by atoms with E-state index in [1.54, 1.807) is 12.1 Å². The number of ether oxygens (including phenoxy) is 1. The first-order valence-corrected chi connectivity index (χ1v) is 9.42. The lowest BCUT2D eigenvalue weighted by Crippen LogP contribution is -2.13. The van der Waals surface area contributed by atoms with E-state index < -0.39 is 11.8 Å². The first kappa shape index (κ1) is 20.1. The van der Waals surface area contributed by atoms with E-state index in [0.717, 1.165) is 18.5 Å². The fraction of sp³-hybridized carbons (Fsp3) is 0.174. The molecule has 0 spiro atoms. The molecule has 1 heterocycles. The van der Waals surface area contributed by atoms with E-state index >= 15 is 0 Å². The van der Waals surface area contributed by atoms with Crippen molar-refractivity contribution in [2.45, 2.75) is 19.8 Å². The van der Waals surface area contributed by atoms with Gasteiger partial charge in [0.2, 0.25) is 0 Å². The first-order valence-electron chi connectivity index (χ1n) is 9.42. The number of carbonyl (C=O) groups is 2. The molecule has 3 aromatic rings. The number of esters is 1. The summed E-state index contributed by atoms with van der Waals surface area (Å²) >= 11 is 0. The van der Waals surface area contributed by atoms with Gasteiger partial charge in [-0.3, -0.25) is 4.79 Å². The van der Waals surface area contributed by atoms with E-state index in [2.05, 4.69) is 10.3 Å². The minimum absolute atomic E-state index is 0.129. The van der Waals surface area contributed by atoms with Gasteiger partial charge in [0, 0.05) is 17.4 Å². The largest absolute Gasteiger partial charge is 0.507 e. The van der Waals surface area contributed by atoms with Gasteiger partial charge in [0.15, 0.2) is 5.78 Å². The van der Waals surface area contributed by atoms with Crippen molar-refractivity contribution in [1.82, 2.24) is 4.98 Å². The number of rotatable bonds is 8. The van der Waals surface area contributed by atoms with Crippen molar-refractivity contribution >= 4 is 23.3 Å². The summed E-state index contributed by atoms with van der Waals surface area (Å²) in [6.07, 6.45) is 3.02. The Kier molecular flexibility index (Phi) is 6.58. The number of hydrogen-bond donors (Lipinski definition) is 2. The monoisotopic (exact) mass is 390 g/mol. The van der Waals surface area contributed by atoms with Gasteiger partial charge in [-0.25, -0.2) is 9.78 Å². The van der Waals surface area contributed by atoms with Gasteiger partial charge in [-0.2, -0.15) is 0 Å². The molecule has 2 aromatic carbocycles. The fourth-order valence-corrected chi connectivity index (χ4v) is 2.71. The highest BCUT2D eigenvalue weighted by molar-refractivity contribution is 6.11. The maximum Gasteiger partial charge on any atom is 0.341 e. The van der Waals surface area contributed by atoms with Crippen LogP contribution in [-0.2, 0) is 4.74 Å². The average Bonchev–Trinajstić information content (AvgIpc) is 2.75. The molecule has 0 radical (unpaired) electrons. The number of carbonyl (C=O) groups excluding carboxylic acids is 2. The minimum Gasteiger partial charge on any atom is -0.507 e. The van der Waals surface area contributed by atoms with Crippen molar-refractivity contribution in [3.63, 3.8) is 0 Å². The van der Waals surface area contributed by atoms with Gasteiger partial charge in [0.25, 0.3) is 0 Å². The molecule has 0 amide bonds. The predicted octanol–water partition coefficient (Wildman–Crippen LogP) is 4.72. The number of benzene rings is 2. The zero-order chi connectivity index (χ0) is 20.6. The van der Waals surface area contributed by atoms with Crippen LogP contribution in [0.15, 0.2) is 66.9 Å². The second-order valence-electron chi connectivity index (χ2n) is 6.45. The van der Waals surface area contributed by atoms with Crippen LogP contribution in [0, 0.1) is 0 Å². The van der Waals surface area contributed by atoms with Gasteiger partial charge >= 0.3 is 5.97 Å². The van der Waals surface area contributed by atoms with E-state index in [0.29, 0.717) is 5.82 Å². The Labute approximate surface area is 169 Å². The summed E-state index contributed by atoms with van der Waals surface area (Å²) in [5.74, 6) is -0.816. The van der Waals surface area contributed by atoms with Gasteiger partial charge in [0.05, 0.1) is 12.2 Å². The number of nitrogens with one attached hydrogen (secondary N) is 1. The van der Waals surface area contributed by atoms with E-state index in [1.807, 2.05) is 37.3 Å². The van der Waals surface area contributed by atoms with E-state index in [-0.39, 0.29) is 29.0 Å². The molecule has 0 bridgehead atoms. The third-order valence-electron chi connectivity index (χ3n) is 4.29. The van der Waals surface area contributed by atoms with Crippen LogP contribution >= 0.6 is 0 Å². The van der Waals surface area contributed by atoms with Crippen molar-refractivity contribution in [1.29, 1.82) is 0 Å². The van der Waals surface area contributed by atoms with Gasteiger partial charge in [0.1, 0.15) is 17.1 Å². The summed E-state index contributed by atoms with van der Waals surface area (Å²) in [6.45, 7) is 2.29. The molecule has 0 aliphatic heterocycles. The molecule has 2 N–H and O–H groups in total. The predicted molar refractivity (Wildman–Crippen MR) is 111 cm³/mol. The van der Waals surface area contributed by atoms with Crippen LogP contribution in [0.4, 0.5) is 11.5 Å². The maximum atomic E-state index is 12.8. The van der Waals surface area contributed by atoms with Crippen molar-refractivity contribution in [2.75, 3.05) is 11.9 Å². The van der Waals surface area contributed by atoms with Crippen LogP contribution in [0.3, 0.4) is 0 Å². The van der Waals surface area contributed by atoms with Crippen LogP contribution in [0.1, 0.15) is 46.0 Å². The fourth-order valence-electron chi connectivity index (χ4n) is 2.71. The topological polar surface area (TPSA) is 88.5 Å². The molecule has 29 heavy (non-hydrogen) atoms. The second kappa shape index (κ2) is 9.50. The zero-order valence-corrected chi connectivity index (χ0v) is 16.1. The lowest BCUT2D eigenvalue weighted by atomic mass is 10.0. The van der Waals surface area contributed by atoms with Crippen molar-refractivity contribution in [3.8, 4) is 5.75 Å². The number of phenolic OH excluding ortho intramolecular Hbond substituents is 1. The Morgan fingerprint density at radius 2 is 1.76 bits per heavy atom. The Balaban J connectivity index is 1.95. The number of aromatic hydroxyl groups is 1. The molecule has 0 unspecified atom stereocenters. The summed E-state index contributed by atoms with van der Waals surface area (Å²) in [7, 11) is 0. The average molecular weight is 390 g/mol. The number of anilines is 2. The second-order valence-corrected chi connectivity index (χ2v) is 6.45. The maximum absolute atomic E-state index is 12.8. The number of unbranched alkanes of at least 4 members (excludes halogenated alkanes) is 1. The number of nitrogens with zero attached hydrogens (tertiary/aromatic N) is 1. The Morgan fingerprint density at radius 1 is 1.03 bits per heavy atom. The molecule has 0 aliphatic carbocycles. The van der Waals surface area contributed by atoms with Crippen molar-refractivity contribution < 1.29 is 19.4 Å². The molecule has 0 saturated carbocycles. The van der Waals surface area contributed by atoms with Crippen LogP contribution in [0.5, 0.6) is 5.75 Å². The van der Waals surface area contributed by atoms with Gasteiger partial charge in [-0.15, -0.1) is 0 Å². The highest BCUT2D eigenvalue weighted by atomic mass is 16.5. The lowest BCUT2D eigenvalue weighted by molar-refractivity contribution is 0.0500. The van der Waals surface area contributed by atoms with E-state index in [1.165, 1.54) is 24.4 Å². The lowest BCUT2D eigenvalue weighted by Gasteiger charge is -2.12. The summed E-state index contributed by atoms with van der Waals surface area (Å²) in [6, 6.07) is 17.0. The molecule has 6 nitrogen and oxygen atoms in total. The Bertz CT molecular complexity index is 1000. The normalized spacial score (nSPS) is 10.4. The number of para-hydroxylation sites is 2. The van der Waals surface area contributed by atoms with E-state index in [9.17, 15) is 14.7 Å². The number of pyridine rings is 1. The molecule has 1 aromatic heterocycles. The van der Waals surface area contributed by atoms with E-state index in [4.69, 9.17) is 4.74 Å². The number of ketones is 1. The molecule has 0 atom stereocenters. The van der Waals surface area contributed by atoms with Crippen LogP contribution in [-0.4, -0.2) is 28.4 Å². The molecular weight excluding hydrogens is 368 g/mol. The number of phenols is 1. The first-order chi connectivity index (χ1) is 14.1. The highest BCUT2D eigenvalue weighted by Crippen LogP contribution is 2.24. The summed E-state index contributed by atoms with van der Waals surface area (Å²) in [5, 5.41) is 13.1. The highest BCUT2D eigenvalue weighted by Gasteiger charge is 2.20. The minimum atomic E-state index is -0.559. The molecular formula is C23H22N2O4. The van der Waals surface area contributed by atoms with Gasteiger partial charge in [-0.1, -0.05) is 43.7 Å². The van der Waals surface area contributed by atoms with Gasteiger partial charge < -0.3 is 15.2 Å². The van der Waals surface area contributed by atoms with Crippen LogP contribution < -0.4 is 5.32 Å². The molecule has 148 valence electrons. The summed E-state index contributed by atoms with van der Waals surface area (Å²) in [5.41, 5.74) is 1.24. The zero-order valence-electron chi connectivity index (χ0n) is 16.1. The molecule has 0 fully saturated rings. The molecule has 0 aliphatic rings. The third-order valence-corrected chi connectivity index (χ3v) is 4.29. The Hall–Kier alpha value is -3.67. The SMILES string of the molecule is CCCCOC(=O)c1cc(C(=O)c2ccccc2O)cnc1Nc1ccccc1. The molecule has 3 rings (SSSR count). The summed E-state index contributed by atoms with van der Waals surface area (Å²) in [4.78, 5) is 29.7. The van der Waals surface area contributed by atoms with Gasteiger partial charge in [-0.05, 0) is 36.8 Å². The third kappa shape index (κ3) is 4.99. The van der Waals surface area contributed by atoms with Crippen LogP contribution in [0.2, 0.25) is 0 Å². The smallest absolute Gasteiger partial charge is 0.341 e. The number of aromatic nitrogens is 1. The van der Waals surface area contributed by atoms with Crippen molar-refractivity contribution in [2.24, 2.45) is 0 Å². The summed E-state index contributed by atoms with van der Waals surface area (Å²) < 4.78 is 5.33. The number of hydrogen-bond acceptors (Lipinski definition) is 6. The quantitative estimate of drug-likeness (QED) is 0.329. The van der Waals surface area contributed by atoms with Crippen molar-refractivity contribution in [3.05, 3.63) is 83.6 Å². The standard InChI is InChI=1S/C23H22N2O4/c1-2-3-13-29-23(28)19-14-16(21(27)18-11-7-8-12-20(18)26)15-24-22(19)25-17-9-5-4-6-10-17/h4-12,14-15,26H,2-3,13H2,1H3,(H,24,25). The Morgan fingerprint density at radius 3 is 2.48 bits per heavy atom.